The van der Waals surface area contributed by atoms with Crippen molar-refractivity contribution < 1.29 is 23.7 Å². The Bertz CT molecular complexity index is 1520. The summed E-state index contributed by atoms with van der Waals surface area (Å²) < 4.78 is 22.3. The zero-order chi connectivity index (χ0) is 28.8. The summed E-state index contributed by atoms with van der Waals surface area (Å²) >= 11 is 1.78. The highest BCUT2D eigenvalue weighted by Crippen LogP contribution is 2.43. The van der Waals surface area contributed by atoms with Gasteiger partial charge in [-0.15, -0.1) is 11.8 Å². The van der Waals surface area contributed by atoms with Crippen molar-refractivity contribution in [1.29, 1.82) is 0 Å². The lowest BCUT2D eigenvalue weighted by Crippen LogP contribution is -2.40. The number of nitrogens with zero attached hydrogens (tertiary/aromatic N) is 1. The normalized spacial score (nSPS) is 15.1. The summed E-state index contributed by atoms with van der Waals surface area (Å²) in [6, 6.07) is 24.5. The van der Waals surface area contributed by atoms with E-state index in [4.69, 9.17) is 18.9 Å². The molecule has 0 radical (unpaired) electrons. The zero-order valence-electron chi connectivity index (χ0n) is 23.9. The number of amides is 1. The van der Waals surface area contributed by atoms with Crippen LogP contribution in [-0.2, 0) is 17.8 Å². The van der Waals surface area contributed by atoms with Crippen molar-refractivity contribution in [3.63, 3.8) is 0 Å². The number of hydrogen-bond donors (Lipinski definition) is 1. The van der Waals surface area contributed by atoms with Gasteiger partial charge in [-0.3, -0.25) is 9.69 Å². The SMILES string of the molecule is COc1ccc(CC2c3cc(OC)c(OC)cc3SCCN2CC(=O)NCc2cccc3ccccc23)cc1OC. The molecule has 0 saturated heterocycles. The van der Waals surface area contributed by atoms with Crippen LogP contribution in [0.25, 0.3) is 10.8 Å². The molecular formula is C33H36N2O5S. The van der Waals surface area contributed by atoms with Crippen LogP contribution in [0, 0.1) is 0 Å². The van der Waals surface area contributed by atoms with Gasteiger partial charge >= 0.3 is 0 Å². The molecule has 1 aliphatic heterocycles. The zero-order valence-corrected chi connectivity index (χ0v) is 24.8. The third kappa shape index (κ3) is 6.39. The maximum absolute atomic E-state index is 13.4. The van der Waals surface area contributed by atoms with Crippen molar-refractivity contribution in [2.75, 3.05) is 47.3 Å². The molecule has 1 aliphatic rings. The summed E-state index contributed by atoms with van der Waals surface area (Å²) in [5.41, 5.74) is 3.30. The molecule has 0 saturated carbocycles. The molecule has 1 unspecified atom stereocenters. The van der Waals surface area contributed by atoms with Gasteiger partial charge in [-0.2, -0.15) is 0 Å². The first-order valence-electron chi connectivity index (χ1n) is 13.6. The Morgan fingerprint density at radius 1 is 0.854 bits per heavy atom. The second-order valence-electron chi connectivity index (χ2n) is 9.89. The van der Waals surface area contributed by atoms with Crippen LogP contribution in [0.5, 0.6) is 23.0 Å². The predicted octanol–water partition coefficient (Wildman–Crippen LogP) is 5.88. The second kappa shape index (κ2) is 13.2. The van der Waals surface area contributed by atoms with E-state index in [2.05, 4.69) is 46.6 Å². The highest BCUT2D eigenvalue weighted by Gasteiger charge is 2.30. The summed E-state index contributed by atoms with van der Waals surface area (Å²) in [7, 11) is 6.58. The summed E-state index contributed by atoms with van der Waals surface area (Å²) in [5, 5.41) is 5.49. The Morgan fingerprint density at radius 2 is 1.56 bits per heavy atom. The number of rotatable bonds is 10. The minimum absolute atomic E-state index is 0.0100. The molecule has 4 aromatic rings. The lowest BCUT2D eigenvalue weighted by atomic mass is 9.96. The standard InChI is InChI=1S/C33H36N2O5S/c1-37-28-13-12-22(17-29(28)38-2)16-27-26-18-30(39-3)31(40-4)19-32(26)41-15-14-35(27)21-33(36)34-20-24-10-7-9-23-8-5-6-11-25(23)24/h5-13,17-19,27H,14-16,20-21H2,1-4H3,(H,34,36). The van der Waals surface area contributed by atoms with E-state index in [-0.39, 0.29) is 18.5 Å². The molecule has 5 rings (SSSR count). The van der Waals surface area contributed by atoms with Crippen LogP contribution in [0.2, 0.25) is 0 Å². The summed E-state index contributed by atoms with van der Waals surface area (Å²) in [6.07, 6.45) is 0.681. The maximum atomic E-state index is 13.4. The minimum atomic E-state index is -0.0683. The second-order valence-corrected chi connectivity index (χ2v) is 11.0. The van der Waals surface area contributed by atoms with Gasteiger partial charge in [-0.05, 0) is 58.1 Å². The van der Waals surface area contributed by atoms with E-state index in [1.54, 1.807) is 40.2 Å². The smallest absolute Gasteiger partial charge is 0.234 e. The third-order valence-electron chi connectivity index (χ3n) is 7.53. The van der Waals surface area contributed by atoms with Gasteiger partial charge in [0.05, 0.1) is 35.0 Å². The number of thioether (sulfide) groups is 1. The number of nitrogens with one attached hydrogen (secondary N) is 1. The fraction of sp³-hybridized carbons (Fsp3) is 0.303. The Kier molecular flexibility index (Phi) is 9.21. The van der Waals surface area contributed by atoms with E-state index in [1.807, 2.05) is 36.4 Å². The van der Waals surface area contributed by atoms with Crippen LogP contribution in [-0.4, -0.2) is 58.1 Å². The van der Waals surface area contributed by atoms with Gasteiger partial charge in [0.2, 0.25) is 5.91 Å². The molecule has 1 heterocycles. The number of hydrogen-bond acceptors (Lipinski definition) is 7. The van der Waals surface area contributed by atoms with E-state index >= 15 is 0 Å². The molecule has 0 bridgehead atoms. The van der Waals surface area contributed by atoms with E-state index in [1.165, 1.54) is 5.39 Å². The van der Waals surface area contributed by atoms with Gasteiger partial charge < -0.3 is 24.3 Å². The summed E-state index contributed by atoms with van der Waals surface area (Å²) in [5.74, 6) is 3.58. The summed E-state index contributed by atoms with van der Waals surface area (Å²) in [4.78, 5) is 16.8. The number of fused-ring (bicyclic) bond motifs is 2. The molecule has 8 heteroatoms. The van der Waals surface area contributed by atoms with Gasteiger partial charge in [0, 0.05) is 29.8 Å². The van der Waals surface area contributed by atoms with Crippen LogP contribution in [0.3, 0.4) is 0 Å². The number of benzene rings is 4. The highest BCUT2D eigenvalue weighted by molar-refractivity contribution is 7.99. The Labute approximate surface area is 245 Å². The average molecular weight is 573 g/mol. The third-order valence-corrected chi connectivity index (χ3v) is 8.58. The largest absolute Gasteiger partial charge is 0.493 e. The highest BCUT2D eigenvalue weighted by atomic mass is 32.2. The molecule has 0 fully saturated rings. The summed E-state index contributed by atoms with van der Waals surface area (Å²) in [6.45, 7) is 1.51. The van der Waals surface area contributed by atoms with E-state index in [9.17, 15) is 4.79 Å². The van der Waals surface area contributed by atoms with E-state index < -0.39 is 0 Å². The van der Waals surface area contributed by atoms with Gasteiger partial charge in [-0.1, -0.05) is 48.5 Å². The topological polar surface area (TPSA) is 69.3 Å². The first kappa shape index (κ1) is 28.6. The van der Waals surface area contributed by atoms with Crippen LogP contribution < -0.4 is 24.3 Å². The van der Waals surface area contributed by atoms with Crippen molar-refractivity contribution in [2.24, 2.45) is 0 Å². The van der Waals surface area contributed by atoms with Crippen LogP contribution >= 0.6 is 11.8 Å². The number of carbonyl (C=O) groups excluding carboxylic acids is 1. The van der Waals surface area contributed by atoms with Gasteiger partial charge in [-0.25, -0.2) is 0 Å². The monoisotopic (exact) mass is 572 g/mol. The first-order chi connectivity index (χ1) is 20.0. The lowest BCUT2D eigenvalue weighted by Gasteiger charge is -2.31. The fourth-order valence-electron chi connectivity index (χ4n) is 5.43. The van der Waals surface area contributed by atoms with Gasteiger partial charge in [0.15, 0.2) is 23.0 Å². The first-order valence-corrected chi connectivity index (χ1v) is 14.6. The van der Waals surface area contributed by atoms with Gasteiger partial charge in [0.1, 0.15) is 0 Å². The van der Waals surface area contributed by atoms with Crippen LogP contribution in [0.4, 0.5) is 0 Å². The Morgan fingerprint density at radius 3 is 2.34 bits per heavy atom. The molecule has 1 N–H and O–H groups in total. The molecule has 4 aromatic carbocycles. The maximum Gasteiger partial charge on any atom is 0.234 e. The molecule has 1 amide bonds. The van der Waals surface area contributed by atoms with Crippen LogP contribution in [0.1, 0.15) is 22.7 Å². The van der Waals surface area contributed by atoms with Gasteiger partial charge in [0.25, 0.3) is 0 Å². The molecule has 0 aromatic heterocycles. The van der Waals surface area contributed by atoms with Crippen molar-refractivity contribution in [1.82, 2.24) is 10.2 Å². The van der Waals surface area contributed by atoms with Crippen molar-refractivity contribution in [3.8, 4) is 23.0 Å². The predicted molar refractivity (Wildman–Crippen MR) is 164 cm³/mol. The Balaban J connectivity index is 1.43. The molecular weight excluding hydrogens is 536 g/mol. The Hall–Kier alpha value is -3.88. The average Bonchev–Trinajstić information content (AvgIpc) is 3.17. The number of ether oxygens (including phenoxy) is 4. The molecule has 0 spiro atoms. The van der Waals surface area contributed by atoms with Crippen molar-refractivity contribution in [3.05, 3.63) is 89.5 Å². The quantitative estimate of drug-likeness (QED) is 0.254. The minimum Gasteiger partial charge on any atom is -0.493 e. The van der Waals surface area contributed by atoms with Crippen molar-refractivity contribution >= 4 is 28.4 Å². The molecule has 41 heavy (non-hydrogen) atoms. The molecule has 214 valence electrons. The number of carbonyl (C=O) groups is 1. The van der Waals surface area contributed by atoms with E-state index in [0.29, 0.717) is 36.0 Å². The molecule has 1 atom stereocenters. The fourth-order valence-corrected chi connectivity index (χ4v) is 6.52. The van der Waals surface area contributed by atoms with Crippen LogP contribution in [0.15, 0.2) is 77.7 Å². The molecule has 7 nitrogen and oxygen atoms in total. The molecule has 0 aliphatic carbocycles. The lowest BCUT2D eigenvalue weighted by molar-refractivity contribution is -0.122. The van der Waals surface area contributed by atoms with E-state index in [0.717, 1.165) is 39.3 Å². The number of methoxy groups -OCH3 is 4. The van der Waals surface area contributed by atoms with Crippen molar-refractivity contribution in [2.45, 2.75) is 23.9 Å².